The molecule has 2 atom stereocenters. The highest BCUT2D eigenvalue weighted by atomic mass is 31.2. The molecule has 0 spiro atoms. The van der Waals surface area contributed by atoms with Crippen molar-refractivity contribution in [3.63, 3.8) is 0 Å². The number of carbonyl (C=O) groups is 2. The average molecular weight is 1050 g/mol. The molecule has 0 aliphatic rings. The molecular weight excluding hydrogens is 942 g/mol. The van der Waals surface area contributed by atoms with E-state index in [0.717, 1.165) is 103 Å². The van der Waals surface area contributed by atoms with Crippen molar-refractivity contribution in [1.29, 1.82) is 0 Å². The van der Waals surface area contributed by atoms with Crippen molar-refractivity contribution in [3.8, 4) is 0 Å². The lowest BCUT2D eigenvalue weighted by Gasteiger charge is -2.28. The predicted molar refractivity (Wildman–Crippen MR) is 314 cm³/mol. The second-order valence-corrected chi connectivity index (χ2v) is 21.7. The predicted octanol–water partition coefficient (Wildman–Crippen LogP) is 17.7. The van der Waals surface area contributed by atoms with Crippen molar-refractivity contribution in [3.05, 3.63) is 122 Å². The quantitative estimate of drug-likeness (QED) is 0.0195. The van der Waals surface area contributed by atoms with Crippen LogP contribution in [0.25, 0.3) is 0 Å². The third-order valence-corrected chi connectivity index (χ3v) is 12.9. The summed E-state index contributed by atoms with van der Waals surface area (Å²) in [5.74, 6) is -0.877. The Labute approximate surface area is 454 Å². The molecule has 0 saturated carbocycles. The Bertz CT molecular complexity index is 1660. The van der Waals surface area contributed by atoms with E-state index in [4.69, 9.17) is 18.5 Å². The molecule has 0 heterocycles. The smallest absolute Gasteiger partial charge is 0.306 e. The van der Waals surface area contributed by atoms with Gasteiger partial charge in [-0.15, -0.1) is 0 Å². The molecule has 10 heteroatoms. The lowest BCUT2D eigenvalue weighted by Crippen LogP contribution is -2.37. The van der Waals surface area contributed by atoms with E-state index in [0.29, 0.717) is 23.9 Å². The Balaban J connectivity index is 4.18. The van der Waals surface area contributed by atoms with Crippen LogP contribution in [0, 0.1) is 0 Å². The number of likely N-dealkylation sites (N-methyl/N-ethyl adjacent to an activating group) is 1. The summed E-state index contributed by atoms with van der Waals surface area (Å²) < 4.78 is 34.1. The zero-order chi connectivity index (χ0) is 54.2. The lowest BCUT2D eigenvalue weighted by molar-refractivity contribution is -0.870. The monoisotopic (exact) mass is 1050 g/mol. The summed E-state index contributed by atoms with van der Waals surface area (Å²) in [5, 5.41) is 0. The molecule has 0 aromatic heterocycles. The maximum atomic E-state index is 12.8. The Kier molecular flexibility index (Phi) is 51.6. The molecule has 0 aromatic carbocycles. The fraction of sp³-hybridized carbons (Fsp3) is 0.656. The van der Waals surface area contributed by atoms with Crippen molar-refractivity contribution in [2.45, 2.75) is 225 Å². The van der Waals surface area contributed by atoms with Gasteiger partial charge in [0.25, 0.3) is 7.82 Å². The maximum Gasteiger partial charge on any atom is 0.306 e. The lowest BCUT2D eigenvalue weighted by atomic mass is 10.0. The summed E-state index contributed by atoms with van der Waals surface area (Å²) in [5.41, 5.74) is 0. The molecule has 0 amide bonds. The van der Waals surface area contributed by atoms with Crippen LogP contribution in [0.5, 0.6) is 0 Å². The van der Waals surface area contributed by atoms with E-state index in [9.17, 15) is 19.0 Å². The van der Waals surface area contributed by atoms with Gasteiger partial charge in [-0.1, -0.05) is 225 Å². The van der Waals surface area contributed by atoms with Gasteiger partial charge in [-0.2, -0.15) is 0 Å². The molecule has 0 aliphatic heterocycles. The van der Waals surface area contributed by atoms with E-state index in [1.165, 1.54) is 77.0 Å². The molecule has 0 saturated heterocycles. The van der Waals surface area contributed by atoms with Crippen molar-refractivity contribution < 1.29 is 42.1 Å². The van der Waals surface area contributed by atoms with Crippen LogP contribution < -0.4 is 4.89 Å². The van der Waals surface area contributed by atoms with Crippen LogP contribution in [0.3, 0.4) is 0 Å². The summed E-state index contributed by atoms with van der Waals surface area (Å²) >= 11 is 0. The molecule has 0 aliphatic carbocycles. The minimum atomic E-state index is -4.65. The number of allylic oxidation sites excluding steroid dienone is 20. The van der Waals surface area contributed by atoms with Gasteiger partial charge < -0.3 is 27.9 Å². The number of rotatable bonds is 52. The number of hydrogen-bond acceptors (Lipinski definition) is 8. The number of unbranched alkanes of at least 4 members (excludes halogenated alkanes) is 18. The Morgan fingerprint density at radius 1 is 0.419 bits per heavy atom. The minimum Gasteiger partial charge on any atom is -0.756 e. The third kappa shape index (κ3) is 57.7. The summed E-state index contributed by atoms with van der Waals surface area (Å²) in [4.78, 5) is 37.9. The van der Waals surface area contributed by atoms with Gasteiger partial charge in [-0.05, 0) is 103 Å². The van der Waals surface area contributed by atoms with Gasteiger partial charge >= 0.3 is 11.9 Å². The van der Waals surface area contributed by atoms with Crippen LogP contribution in [0.2, 0.25) is 0 Å². The summed E-state index contributed by atoms with van der Waals surface area (Å²) in [6, 6.07) is 0. The van der Waals surface area contributed by atoms with Crippen molar-refractivity contribution >= 4 is 19.8 Å². The van der Waals surface area contributed by atoms with Gasteiger partial charge in [0.1, 0.15) is 19.8 Å². The molecular formula is C64H108NO8P. The molecule has 74 heavy (non-hydrogen) atoms. The van der Waals surface area contributed by atoms with Gasteiger partial charge in [0.15, 0.2) is 6.10 Å². The highest BCUT2D eigenvalue weighted by Gasteiger charge is 2.21. The molecule has 2 unspecified atom stereocenters. The first-order valence-electron chi connectivity index (χ1n) is 29.2. The average Bonchev–Trinajstić information content (AvgIpc) is 3.36. The number of quaternary nitrogens is 1. The van der Waals surface area contributed by atoms with Gasteiger partial charge in [0.05, 0.1) is 27.7 Å². The van der Waals surface area contributed by atoms with Crippen molar-refractivity contribution in [2.24, 2.45) is 0 Å². The molecule has 0 fully saturated rings. The molecule has 0 rings (SSSR count). The zero-order valence-corrected chi connectivity index (χ0v) is 48.6. The molecule has 0 aromatic rings. The second-order valence-electron chi connectivity index (χ2n) is 20.2. The number of carbonyl (C=O) groups excluding carboxylic acids is 2. The number of phosphoric ester groups is 1. The summed E-state index contributed by atoms with van der Waals surface area (Å²) in [6.45, 7) is 3.96. The zero-order valence-electron chi connectivity index (χ0n) is 47.7. The number of hydrogen-bond donors (Lipinski definition) is 0. The van der Waals surface area contributed by atoms with Gasteiger partial charge in [0, 0.05) is 12.8 Å². The van der Waals surface area contributed by atoms with Crippen LogP contribution in [0.4, 0.5) is 0 Å². The van der Waals surface area contributed by atoms with E-state index in [-0.39, 0.29) is 26.1 Å². The Hall–Kier alpha value is -3.59. The first-order valence-corrected chi connectivity index (χ1v) is 30.7. The normalized spacial score (nSPS) is 14.2. The Morgan fingerprint density at radius 3 is 1.09 bits per heavy atom. The van der Waals surface area contributed by atoms with Crippen molar-refractivity contribution in [2.75, 3.05) is 47.5 Å². The van der Waals surface area contributed by atoms with E-state index in [1.807, 2.05) is 21.1 Å². The summed E-state index contributed by atoms with van der Waals surface area (Å²) in [6.07, 6.45) is 76.8. The number of esters is 2. The minimum absolute atomic E-state index is 0.0422. The molecule has 0 radical (unpaired) electrons. The number of nitrogens with zero attached hydrogens (tertiary/aromatic N) is 1. The highest BCUT2D eigenvalue weighted by Crippen LogP contribution is 2.38. The van der Waals surface area contributed by atoms with Crippen LogP contribution in [0.15, 0.2) is 122 Å². The number of phosphoric acid groups is 1. The SMILES string of the molecule is CC/C=C\C/C=C\C/C=C\C/C=C\C/C=C\CCCCCCCCCCCCCCCCCC(=O)OC(COC(=O)CCCCC/C=C\C/C=C\C/C=C\C/C=C\C/C=C\CC)COP(=O)([O-])OCC[N+](C)(C)C. The fourth-order valence-corrected chi connectivity index (χ4v) is 8.26. The number of ether oxygens (including phenoxy) is 2. The van der Waals surface area contributed by atoms with Gasteiger partial charge in [0.2, 0.25) is 0 Å². The van der Waals surface area contributed by atoms with Gasteiger partial charge in [-0.3, -0.25) is 14.2 Å². The van der Waals surface area contributed by atoms with E-state index >= 15 is 0 Å². The van der Waals surface area contributed by atoms with Crippen molar-refractivity contribution in [1.82, 2.24) is 0 Å². The molecule has 9 nitrogen and oxygen atoms in total. The van der Waals surface area contributed by atoms with Gasteiger partial charge in [-0.25, -0.2) is 0 Å². The second kappa shape index (κ2) is 54.2. The first kappa shape index (κ1) is 70.4. The fourth-order valence-electron chi connectivity index (χ4n) is 7.53. The molecule has 0 bridgehead atoms. The van der Waals surface area contributed by atoms with Crippen LogP contribution in [-0.4, -0.2) is 70.0 Å². The largest absolute Gasteiger partial charge is 0.756 e. The topological polar surface area (TPSA) is 111 Å². The standard InChI is InChI=1S/C64H108NO8P/c1-6-8-10-12-14-16-18-20-22-24-26-27-28-29-30-31-32-33-34-35-36-37-39-41-43-45-47-49-51-53-55-57-64(67)73-62(61-72-74(68,69)71-59-58-65(3,4)5)60-70-63(66)56-54-52-50-48-46-44-42-40-38-25-23-21-19-17-15-13-11-9-7-2/h8-11,14-17,20-23,26-27,29-30,38,40,44,46,62H,6-7,12-13,18-19,24-25,28,31-37,39,41-43,45,47-61H2,1-5H3/b10-8-,11-9-,16-14-,17-15-,22-20-,23-21-,27-26-,30-29-,40-38-,46-44-. The Morgan fingerprint density at radius 2 is 0.730 bits per heavy atom. The highest BCUT2D eigenvalue weighted by molar-refractivity contribution is 7.45. The maximum absolute atomic E-state index is 12.8. The van der Waals surface area contributed by atoms with E-state index < -0.39 is 32.5 Å². The molecule has 422 valence electrons. The van der Waals surface area contributed by atoms with E-state index in [1.54, 1.807) is 0 Å². The third-order valence-electron chi connectivity index (χ3n) is 12.0. The molecule has 0 N–H and O–H groups in total. The van der Waals surface area contributed by atoms with E-state index in [2.05, 4.69) is 135 Å². The summed E-state index contributed by atoms with van der Waals surface area (Å²) in [7, 11) is 1.13. The van der Waals surface area contributed by atoms with Crippen LogP contribution in [-0.2, 0) is 32.7 Å². The van der Waals surface area contributed by atoms with Crippen LogP contribution in [0.1, 0.15) is 219 Å². The van der Waals surface area contributed by atoms with Crippen LogP contribution >= 0.6 is 7.82 Å². The first-order chi connectivity index (χ1) is 36.0.